The van der Waals surface area contributed by atoms with Gasteiger partial charge in [-0.2, -0.15) is 0 Å². The maximum absolute atomic E-state index is 12.8. The molecule has 118 valence electrons. The zero-order chi connectivity index (χ0) is 15.5. The number of carbonyl (C=O) groups is 2. The SMILES string of the molecule is COC(=O)C1CCN(C(=O)c2cncc3c2CCNC3)CC1. The Kier molecular flexibility index (Phi) is 4.38. The minimum atomic E-state index is -0.170. The number of methoxy groups -OCH3 is 1. The lowest BCUT2D eigenvalue weighted by atomic mass is 9.94. The summed E-state index contributed by atoms with van der Waals surface area (Å²) >= 11 is 0. The fraction of sp³-hybridized carbons (Fsp3) is 0.562. The number of ether oxygens (including phenoxy) is 1. The number of hydrogen-bond acceptors (Lipinski definition) is 5. The molecule has 3 rings (SSSR count). The van der Waals surface area contributed by atoms with Gasteiger partial charge in [0, 0.05) is 32.0 Å². The number of esters is 1. The number of hydrogen-bond donors (Lipinski definition) is 1. The molecule has 6 nitrogen and oxygen atoms in total. The molecule has 3 heterocycles. The van der Waals surface area contributed by atoms with E-state index in [4.69, 9.17) is 4.74 Å². The van der Waals surface area contributed by atoms with E-state index in [0.717, 1.165) is 36.2 Å². The maximum atomic E-state index is 12.8. The van der Waals surface area contributed by atoms with E-state index in [-0.39, 0.29) is 17.8 Å². The van der Waals surface area contributed by atoms with Crippen LogP contribution in [0, 0.1) is 5.92 Å². The molecule has 1 fully saturated rings. The number of carbonyl (C=O) groups excluding carboxylic acids is 2. The largest absolute Gasteiger partial charge is 0.469 e. The van der Waals surface area contributed by atoms with Crippen molar-refractivity contribution in [2.75, 3.05) is 26.7 Å². The zero-order valence-electron chi connectivity index (χ0n) is 12.8. The smallest absolute Gasteiger partial charge is 0.308 e. The van der Waals surface area contributed by atoms with Crippen LogP contribution < -0.4 is 5.32 Å². The van der Waals surface area contributed by atoms with Crippen LogP contribution in [0.2, 0.25) is 0 Å². The summed E-state index contributed by atoms with van der Waals surface area (Å²) in [5.74, 6) is -0.215. The molecule has 0 radical (unpaired) electrons. The Morgan fingerprint density at radius 3 is 2.82 bits per heavy atom. The van der Waals surface area contributed by atoms with E-state index in [2.05, 4.69) is 10.3 Å². The second-order valence-electron chi connectivity index (χ2n) is 5.84. The van der Waals surface area contributed by atoms with Gasteiger partial charge < -0.3 is 15.0 Å². The van der Waals surface area contributed by atoms with Crippen LogP contribution in [-0.2, 0) is 22.5 Å². The molecular formula is C16H21N3O3. The second kappa shape index (κ2) is 6.44. The monoisotopic (exact) mass is 303 g/mol. The van der Waals surface area contributed by atoms with Crippen LogP contribution in [0.5, 0.6) is 0 Å². The number of rotatable bonds is 2. The molecule has 0 aromatic carbocycles. The third-order valence-corrected chi connectivity index (χ3v) is 4.56. The van der Waals surface area contributed by atoms with Crippen molar-refractivity contribution >= 4 is 11.9 Å². The maximum Gasteiger partial charge on any atom is 0.308 e. The van der Waals surface area contributed by atoms with Crippen molar-refractivity contribution in [1.29, 1.82) is 0 Å². The standard InChI is InChI=1S/C16H21N3O3/c1-22-16(21)11-3-6-19(7-4-11)15(20)14-10-18-9-12-8-17-5-2-13(12)14/h9-11,17H,2-8H2,1H3. The highest BCUT2D eigenvalue weighted by Crippen LogP contribution is 2.23. The average Bonchev–Trinajstić information content (AvgIpc) is 2.60. The van der Waals surface area contributed by atoms with Gasteiger partial charge in [0.25, 0.3) is 5.91 Å². The molecule has 6 heteroatoms. The van der Waals surface area contributed by atoms with E-state index in [1.54, 1.807) is 6.20 Å². The number of piperidine rings is 1. The molecule has 0 saturated carbocycles. The summed E-state index contributed by atoms with van der Waals surface area (Å²) in [5.41, 5.74) is 2.95. The van der Waals surface area contributed by atoms with Crippen LogP contribution in [0.25, 0.3) is 0 Å². The van der Waals surface area contributed by atoms with Gasteiger partial charge in [0.2, 0.25) is 0 Å². The summed E-state index contributed by atoms with van der Waals surface area (Å²) in [6, 6.07) is 0. The molecule has 2 aliphatic heterocycles. The Morgan fingerprint density at radius 1 is 1.32 bits per heavy atom. The van der Waals surface area contributed by atoms with Crippen LogP contribution in [-0.4, -0.2) is 48.5 Å². The number of pyridine rings is 1. The Labute approximate surface area is 129 Å². The van der Waals surface area contributed by atoms with Gasteiger partial charge in [0.05, 0.1) is 18.6 Å². The highest BCUT2D eigenvalue weighted by atomic mass is 16.5. The van der Waals surface area contributed by atoms with Crippen molar-refractivity contribution in [2.45, 2.75) is 25.8 Å². The number of amides is 1. The lowest BCUT2D eigenvalue weighted by Crippen LogP contribution is -2.41. The lowest BCUT2D eigenvalue weighted by Gasteiger charge is -2.31. The van der Waals surface area contributed by atoms with Crippen LogP contribution in [0.4, 0.5) is 0 Å². The van der Waals surface area contributed by atoms with Crippen molar-refractivity contribution < 1.29 is 14.3 Å². The molecule has 0 aliphatic carbocycles. The topological polar surface area (TPSA) is 71.5 Å². The Morgan fingerprint density at radius 2 is 2.09 bits per heavy atom. The van der Waals surface area contributed by atoms with Crippen molar-refractivity contribution in [3.63, 3.8) is 0 Å². The van der Waals surface area contributed by atoms with Gasteiger partial charge in [0.1, 0.15) is 0 Å². The van der Waals surface area contributed by atoms with Crippen molar-refractivity contribution in [3.05, 3.63) is 29.1 Å². The van der Waals surface area contributed by atoms with Crippen molar-refractivity contribution in [2.24, 2.45) is 5.92 Å². The number of nitrogens with one attached hydrogen (secondary N) is 1. The van der Waals surface area contributed by atoms with E-state index >= 15 is 0 Å². The minimum absolute atomic E-state index is 0.0366. The molecule has 1 aromatic rings. The van der Waals surface area contributed by atoms with Crippen molar-refractivity contribution in [3.8, 4) is 0 Å². The summed E-state index contributed by atoms with van der Waals surface area (Å²) in [6.07, 6.45) is 5.71. The molecule has 2 aliphatic rings. The van der Waals surface area contributed by atoms with Gasteiger partial charge in [-0.3, -0.25) is 14.6 Å². The van der Waals surface area contributed by atoms with E-state index in [9.17, 15) is 9.59 Å². The molecule has 0 spiro atoms. The van der Waals surface area contributed by atoms with Crippen molar-refractivity contribution in [1.82, 2.24) is 15.2 Å². The Hall–Kier alpha value is -1.95. The van der Waals surface area contributed by atoms with Crippen LogP contribution in [0.15, 0.2) is 12.4 Å². The molecule has 1 saturated heterocycles. The lowest BCUT2D eigenvalue weighted by molar-refractivity contribution is -0.146. The van der Waals surface area contributed by atoms with Crippen LogP contribution in [0.1, 0.15) is 34.3 Å². The number of fused-ring (bicyclic) bond motifs is 1. The molecular weight excluding hydrogens is 282 g/mol. The number of aromatic nitrogens is 1. The minimum Gasteiger partial charge on any atom is -0.469 e. The molecule has 0 bridgehead atoms. The quantitative estimate of drug-likeness (QED) is 0.817. The van der Waals surface area contributed by atoms with E-state index < -0.39 is 0 Å². The molecule has 0 unspecified atom stereocenters. The van der Waals surface area contributed by atoms with Crippen LogP contribution in [0.3, 0.4) is 0 Å². The normalized spacial score (nSPS) is 18.7. The molecule has 22 heavy (non-hydrogen) atoms. The Bertz CT molecular complexity index is 580. The first-order valence-electron chi connectivity index (χ1n) is 7.74. The van der Waals surface area contributed by atoms with Gasteiger partial charge in [0.15, 0.2) is 0 Å². The van der Waals surface area contributed by atoms with E-state index in [0.29, 0.717) is 25.9 Å². The molecule has 1 amide bonds. The summed E-state index contributed by atoms with van der Waals surface area (Å²) in [7, 11) is 1.41. The third kappa shape index (κ3) is 2.83. The predicted molar refractivity (Wildman–Crippen MR) is 80.3 cm³/mol. The first-order valence-corrected chi connectivity index (χ1v) is 7.74. The zero-order valence-corrected chi connectivity index (χ0v) is 12.8. The first kappa shape index (κ1) is 15.0. The summed E-state index contributed by atoms with van der Waals surface area (Å²) < 4.78 is 4.79. The second-order valence-corrected chi connectivity index (χ2v) is 5.84. The first-order chi connectivity index (χ1) is 10.7. The van der Waals surface area contributed by atoms with E-state index in [1.165, 1.54) is 7.11 Å². The average molecular weight is 303 g/mol. The van der Waals surface area contributed by atoms with Gasteiger partial charge >= 0.3 is 5.97 Å². The summed E-state index contributed by atoms with van der Waals surface area (Å²) in [6.45, 7) is 2.86. The molecule has 0 atom stereocenters. The summed E-state index contributed by atoms with van der Waals surface area (Å²) in [4.78, 5) is 30.4. The number of nitrogens with zero attached hydrogens (tertiary/aromatic N) is 2. The fourth-order valence-corrected chi connectivity index (χ4v) is 3.25. The number of likely N-dealkylation sites (tertiary alicyclic amines) is 1. The third-order valence-electron chi connectivity index (χ3n) is 4.56. The molecule has 1 aromatic heterocycles. The predicted octanol–water partition coefficient (Wildman–Crippen LogP) is 0.752. The van der Waals surface area contributed by atoms with E-state index in [1.807, 2.05) is 11.1 Å². The van der Waals surface area contributed by atoms with Crippen LogP contribution >= 0.6 is 0 Å². The van der Waals surface area contributed by atoms with Gasteiger partial charge in [-0.05, 0) is 36.9 Å². The van der Waals surface area contributed by atoms with Gasteiger partial charge in [-0.25, -0.2) is 0 Å². The summed E-state index contributed by atoms with van der Waals surface area (Å²) in [5, 5.41) is 3.30. The fourth-order valence-electron chi connectivity index (χ4n) is 3.25. The van der Waals surface area contributed by atoms with Gasteiger partial charge in [-0.1, -0.05) is 0 Å². The van der Waals surface area contributed by atoms with Gasteiger partial charge in [-0.15, -0.1) is 0 Å². The highest BCUT2D eigenvalue weighted by molar-refractivity contribution is 5.96. The molecule has 1 N–H and O–H groups in total. The Balaban J connectivity index is 1.72. The highest BCUT2D eigenvalue weighted by Gasteiger charge is 2.29.